The highest BCUT2D eigenvalue weighted by molar-refractivity contribution is 5.91. The number of hydrogen-bond donors (Lipinski definition) is 1. The molecule has 25 heavy (non-hydrogen) atoms. The molecule has 1 aromatic rings. The van der Waals surface area contributed by atoms with Crippen molar-refractivity contribution < 1.29 is 24.0 Å². The molecular weight excluding hydrogens is 330 g/mol. The maximum atomic E-state index is 12.4. The Hall–Kier alpha value is -2.84. The summed E-state index contributed by atoms with van der Waals surface area (Å²) < 4.78 is 10.3. The summed E-state index contributed by atoms with van der Waals surface area (Å²) in [4.78, 5) is 34.8. The van der Waals surface area contributed by atoms with Crippen molar-refractivity contribution in [1.82, 2.24) is 5.43 Å². The second kappa shape index (κ2) is 7.37. The van der Waals surface area contributed by atoms with E-state index < -0.39 is 28.3 Å². The SMILES string of the molecule is CC(C)(C)OC(=O)NN(C(=O)OC(C)(C)C)c1cccc([N+](=O)[O-])c1. The summed E-state index contributed by atoms with van der Waals surface area (Å²) in [7, 11) is 0. The number of non-ortho nitro benzene ring substituents is 1. The van der Waals surface area contributed by atoms with Crippen LogP contribution >= 0.6 is 0 Å². The monoisotopic (exact) mass is 353 g/mol. The van der Waals surface area contributed by atoms with Crippen LogP contribution in [0.25, 0.3) is 0 Å². The molecule has 1 rings (SSSR count). The van der Waals surface area contributed by atoms with Gasteiger partial charge in [0, 0.05) is 12.1 Å². The average Bonchev–Trinajstić information content (AvgIpc) is 2.41. The van der Waals surface area contributed by atoms with Gasteiger partial charge in [-0.3, -0.25) is 10.1 Å². The number of nitro benzene ring substituents is 1. The minimum atomic E-state index is -0.904. The molecule has 0 saturated heterocycles. The van der Waals surface area contributed by atoms with E-state index in [9.17, 15) is 19.7 Å². The second-order valence-electron chi connectivity index (χ2n) is 7.21. The first-order chi connectivity index (χ1) is 11.3. The number of nitro groups is 1. The predicted molar refractivity (Wildman–Crippen MR) is 91.2 cm³/mol. The summed E-state index contributed by atoms with van der Waals surface area (Å²) in [6.45, 7) is 9.96. The molecule has 0 bridgehead atoms. The highest BCUT2D eigenvalue weighted by Gasteiger charge is 2.28. The molecule has 0 saturated carbocycles. The molecule has 0 radical (unpaired) electrons. The lowest BCUT2D eigenvalue weighted by atomic mass is 10.2. The fraction of sp³-hybridized carbons (Fsp3) is 0.500. The lowest BCUT2D eigenvalue weighted by Crippen LogP contribution is -2.50. The highest BCUT2D eigenvalue weighted by atomic mass is 16.6. The van der Waals surface area contributed by atoms with Crippen LogP contribution in [0, 0.1) is 10.1 Å². The van der Waals surface area contributed by atoms with E-state index in [2.05, 4.69) is 5.43 Å². The Kier molecular flexibility index (Phi) is 5.96. The van der Waals surface area contributed by atoms with E-state index in [1.807, 2.05) is 0 Å². The number of benzene rings is 1. The van der Waals surface area contributed by atoms with E-state index in [1.54, 1.807) is 41.5 Å². The van der Waals surface area contributed by atoms with Gasteiger partial charge in [0.2, 0.25) is 0 Å². The van der Waals surface area contributed by atoms with Gasteiger partial charge in [-0.05, 0) is 47.6 Å². The Labute approximate surface area is 146 Å². The smallest absolute Gasteiger partial charge is 0.434 e. The number of ether oxygens (including phenoxy) is 2. The van der Waals surface area contributed by atoms with E-state index in [-0.39, 0.29) is 11.4 Å². The minimum absolute atomic E-state index is 0.0642. The fourth-order valence-corrected chi connectivity index (χ4v) is 1.66. The van der Waals surface area contributed by atoms with E-state index in [0.717, 1.165) is 11.1 Å². The van der Waals surface area contributed by atoms with Crippen molar-refractivity contribution in [3.63, 3.8) is 0 Å². The lowest BCUT2D eigenvalue weighted by molar-refractivity contribution is -0.384. The lowest BCUT2D eigenvalue weighted by Gasteiger charge is -2.28. The first-order valence-corrected chi connectivity index (χ1v) is 7.56. The van der Waals surface area contributed by atoms with Crippen LogP contribution in [0.15, 0.2) is 24.3 Å². The van der Waals surface area contributed by atoms with Gasteiger partial charge in [-0.1, -0.05) is 6.07 Å². The van der Waals surface area contributed by atoms with Crippen LogP contribution in [0.1, 0.15) is 41.5 Å². The van der Waals surface area contributed by atoms with Crippen LogP contribution < -0.4 is 10.4 Å². The number of hydrazine groups is 1. The molecular formula is C16H23N3O6. The van der Waals surface area contributed by atoms with Gasteiger partial charge in [-0.2, -0.15) is 5.01 Å². The van der Waals surface area contributed by atoms with Gasteiger partial charge in [-0.25, -0.2) is 15.0 Å². The number of carbonyl (C=O) groups excluding carboxylic acids is 2. The van der Waals surface area contributed by atoms with Gasteiger partial charge in [0.1, 0.15) is 11.2 Å². The molecule has 0 aromatic heterocycles. The third kappa shape index (κ3) is 7.06. The van der Waals surface area contributed by atoms with Crippen LogP contribution in [0.3, 0.4) is 0 Å². The molecule has 1 N–H and O–H groups in total. The Morgan fingerprint density at radius 2 is 1.64 bits per heavy atom. The molecule has 138 valence electrons. The van der Waals surface area contributed by atoms with Gasteiger partial charge < -0.3 is 9.47 Å². The maximum absolute atomic E-state index is 12.4. The van der Waals surface area contributed by atoms with Crippen LogP contribution in [-0.4, -0.2) is 28.3 Å². The number of nitrogens with one attached hydrogen (secondary N) is 1. The van der Waals surface area contributed by atoms with Crippen molar-refractivity contribution in [1.29, 1.82) is 0 Å². The van der Waals surface area contributed by atoms with Gasteiger partial charge in [0.25, 0.3) is 5.69 Å². The molecule has 0 atom stereocenters. The number of anilines is 1. The van der Waals surface area contributed by atoms with E-state index in [0.29, 0.717) is 0 Å². The molecule has 0 heterocycles. The summed E-state index contributed by atoms with van der Waals surface area (Å²) in [5, 5.41) is 11.7. The molecule has 2 amide bonds. The van der Waals surface area contributed by atoms with Crippen molar-refractivity contribution in [2.45, 2.75) is 52.7 Å². The first-order valence-electron chi connectivity index (χ1n) is 7.56. The number of carbonyl (C=O) groups is 2. The molecule has 0 aliphatic rings. The number of hydrogen-bond acceptors (Lipinski definition) is 6. The van der Waals surface area contributed by atoms with Crippen molar-refractivity contribution in [3.8, 4) is 0 Å². The third-order valence-corrected chi connectivity index (χ3v) is 2.48. The van der Waals surface area contributed by atoms with Gasteiger partial charge in [0.15, 0.2) is 0 Å². The molecule has 0 spiro atoms. The molecule has 0 fully saturated rings. The molecule has 9 heteroatoms. The average molecular weight is 353 g/mol. The fourth-order valence-electron chi connectivity index (χ4n) is 1.66. The Bertz CT molecular complexity index is 661. The Balaban J connectivity index is 3.15. The van der Waals surface area contributed by atoms with Crippen LogP contribution in [0.4, 0.5) is 21.0 Å². The highest BCUT2D eigenvalue weighted by Crippen LogP contribution is 2.22. The summed E-state index contributed by atoms with van der Waals surface area (Å²) in [6.07, 6.45) is -1.80. The third-order valence-electron chi connectivity index (χ3n) is 2.48. The summed E-state index contributed by atoms with van der Waals surface area (Å²) in [6, 6.07) is 5.22. The Morgan fingerprint density at radius 3 is 2.12 bits per heavy atom. The predicted octanol–water partition coefficient (Wildman–Crippen LogP) is 3.78. The van der Waals surface area contributed by atoms with E-state index >= 15 is 0 Å². The van der Waals surface area contributed by atoms with Gasteiger partial charge in [0.05, 0.1) is 10.6 Å². The zero-order valence-corrected chi connectivity index (χ0v) is 15.2. The van der Waals surface area contributed by atoms with Crippen LogP contribution in [-0.2, 0) is 9.47 Å². The van der Waals surface area contributed by atoms with Crippen molar-refractivity contribution in [3.05, 3.63) is 34.4 Å². The summed E-state index contributed by atoms with van der Waals surface area (Å²) in [5.74, 6) is 0. The molecule has 9 nitrogen and oxygen atoms in total. The maximum Gasteiger partial charge on any atom is 0.434 e. The molecule has 0 unspecified atom stereocenters. The standard InChI is InChI=1S/C16H23N3O6/c1-15(2,3)24-13(20)17-18(14(21)25-16(4,5)6)11-8-7-9-12(10-11)19(22)23/h7-10H,1-6H3,(H,17,20). The zero-order valence-electron chi connectivity index (χ0n) is 15.2. The van der Waals surface area contributed by atoms with Gasteiger partial charge in [-0.15, -0.1) is 0 Å². The van der Waals surface area contributed by atoms with Crippen molar-refractivity contribution >= 4 is 23.6 Å². The number of rotatable bonds is 2. The molecule has 0 aliphatic heterocycles. The normalized spacial score (nSPS) is 11.4. The first kappa shape index (κ1) is 20.2. The quantitative estimate of drug-likeness (QED) is 0.640. The van der Waals surface area contributed by atoms with Gasteiger partial charge >= 0.3 is 12.2 Å². The van der Waals surface area contributed by atoms with Crippen LogP contribution in [0.2, 0.25) is 0 Å². The molecule has 1 aromatic carbocycles. The van der Waals surface area contributed by atoms with Crippen molar-refractivity contribution in [2.24, 2.45) is 0 Å². The van der Waals surface area contributed by atoms with E-state index in [1.165, 1.54) is 18.2 Å². The number of nitrogens with zero attached hydrogens (tertiary/aromatic N) is 2. The summed E-state index contributed by atoms with van der Waals surface area (Å²) >= 11 is 0. The topological polar surface area (TPSA) is 111 Å². The second-order valence-corrected chi connectivity index (χ2v) is 7.21. The summed E-state index contributed by atoms with van der Waals surface area (Å²) in [5.41, 5.74) is 0.466. The van der Waals surface area contributed by atoms with E-state index in [4.69, 9.17) is 9.47 Å². The minimum Gasteiger partial charge on any atom is -0.443 e. The van der Waals surface area contributed by atoms with Crippen LogP contribution in [0.5, 0.6) is 0 Å². The number of amides is 2. The largest absolute Gasteiger partial charge is 0.443 e. The Morgan fingerprint density at radius 1 is 1.08 bits per heavy atom. The molecule has 0 aliphatic carbocycles. The van der Waals surface area contributed by atoms with Crippen molar-refractivity contribution in [2.75, 3.05) is 5.01 Å². The zero-order chi connectivity index (χ0) is 19.4.